The Balaban J connectivity index is 1.92. The number of nitrogens with one attached hydrogen (secondary N) is 1. The third kappa shape index (κ3) is 4.60. The molecule has 0 saturated carbocycles. The Bertz CT molecular complexity index is 517. The Morgan fingerprint density at radius 1 is 1.26 bits per heavy atom. The van der Waals surface area contributed by atoms with Crippen molar-refractivity contribution in [1.82, 2.24) is 15.5 Å². The third-order valence-electron chi connectivity index (χ3n) is 2.44. The number of nitrogens with zero attached hydrogens (tertiary/aromatic N) is 2. The molecule has 0 bridgehead atoms. The van der Waals surface area contributed by atoms with Crippen LogP contribution >= 0.6 is 54.5 Å². The van der Waals surface area contributed by atoms with E-state index in [1.54, 1.807) is 22.7 Å². The Hall–Kier alpha value is 0.180. The lowest BCUT2D eigenvalue weighted by Crippen LogP contribution is -2.23. The van der Waals surface area contributed by atoms with Crippen molar-refractivity contribution in [2.45, 2.75) is 32.7 Å². The molecule has 0 atom stereocenters. The Morgan fingerprint density at radius 3 is 2.68 bits per heavy atom. The van der Waals surface area contributed by atoms with Gasteiger partial charge < -0.3 is 5.32 Å². The summed E-state index contributed by atoms with van der Waals surface area (Å²) in [4.78, 5) is 1.16. The van der Waals surface area contributed by atoms with E-state index in [1.807, 2.05) is 0 Å². The van der Waals surface area contributed by atoms with Gasteiger partial charge in [0.25, 0.3) is 0 Å². The molecule has 2 aromatic heterocycles. The molecule has 0 radical (unpaired) electrons. The summed E-state index contributed by atoms with van der Waals surface area (Å²) in [6, 6.07) is 2.63. The standard InChI is InChI=1S/C12H15Br2N3S2/c1-7(2)15-5-3-4-10-16-17-12(19-10)9-6-8(13)11(14)18-9/h6-7,15H,3-5H2,1-2H3. The number of aromatic nitrogens is 2. The van der Waals surface area contributed by atoms with Crippen LogP contribution < -0.4 is 5.32 Å². The summed E-state index contributed by atoms with van der Waals surface area (Å²) >= 11 is 10.4. The van der Waals surface area contributed by atoms with E-state index in [1.165, 1.54) is 0 Å². The predicted octanol–water partition coefficient (Wildman–Crippen LogP) is 4.72. The highest BCUT2D eigenvalue weighted by atomic mass is 79.9. The molecule has 0 aliphatic rings. The highest BCUT2D eigenvalue weighted by Gasteiger charge is 2.11. The maximum Gasteiger partial charge on any atom is 0.157 e. The molecule has 0 aliphatic carbocycles. The minimum absolute atomic E-state index is 0.547. The van der Waals surface area contributed by atoms with E-state index in [2.05, 4.69) is 67.3 Å². The zero-order valence-electron chi connectivity index (χ0n) is 10.7. The summed E-state index contributed by atoms with van der Waals surface area (Å²) in [5, 5.41) is 14.1. The van der Waals surface area contributed by atoms with Crippen molar-refractivity contribution < 1.29 is 0 Å². The highest BCUT2D eigenvalue weighted by molar-refractivity contribution is 9.13. The van der Waals surface area contributed by atoms with Crippen LogP contribution in [0.4, 0.5) is 0 Å². The predicted molar refractivity (Wildman–Crippen MR) is 90.1 cm³/mol. The van der Waals surface area contributed by atoms with E-state index in [-0.39, 0.29) is 0 Å². The quantitative estimate of drug-likeness (QED) is 0.681. The molecule has 7 heteroatoms. The van der Waals surface area contributed by atoms with Crippen molar-refractivity contribution >= 4 is 54.5 Å². The maximum absolute atomic E-state index is 4.27. The molecule has 0 amide bonds. The van der Waals surface area contributed by atoms with Crippen molar-refractivity contribution in [2.75, 3.05) is 6.54 Å². The second-order valence-electron chi connectivity index (χ2n) is 4.45. The van der Waals surface area contributed by atoms with E-state index >= 15 is 0 Å². The van der Waals surface area contributed by atoms with Crippen molar-refractivity contribution in [3.63, 3.8) is 0 Å². The van der Waals surface area contributed by atoms with Gasteiger partial charge >= 0.3 is 0 Å². The van der Waals surface area contributed by atoms with Gasteiger partial charge in [-0.2, -0.15) is 0 Å². The van der Waals surface area contributed by atoms with E-state index in [4.69, 9.17) is 0 Å². The van der Waals surface area contributed by atoms with Crippen LogP contribution in [-0.2, 0) is 6.42 Å². The van der Waals surface area contributed by atoms with E-state index in [0.29, 0.717) is 6.04 Å². The number of aryl methyl sites for hydroxylation is 1. The first-order valence-electron chi connectivity index (χ1n) is 6.07. The maximum atomic E-state index is 4.27. The first-order valence-corrected chi connectivity index (χ1v) is 9.29. The number of hydrogen-bond donors (Lipinski definition) is 1. The van der Waals surface area contributed by atoms with Crippen LogP contribution in [0.25, 0.3) is 9.88 Å². The molecule has 0 saturated heterocycles. The molecule has 0 aromatic carbocycles. The lowest BCUT2D eigenvalue weighted by Gasteiger charge is -2.05. The molecule has 3 nitrogen and oxygen atoms in total. The van der Waals surface area contributed by atoms with E-state index in [9.17, 15) is 0 Å². The van der Waals surface area contributed by atoms with Gasteiger partial charge in [0.05, 0.1) is 8.66 Å². The molecule has 1 N–H and O–H groups in total. The molecule has 2 heterocycles. The first kappa shape index (κ1) is 15.6. The summed E-state index contributed by atoms with van der Waals surface area (Å²) in [5.74, 6) is 0. The molecule has 2 aromatic rings. The first-order chi connectivity index (χ1) is 9.06. The van der Waals surface area contributed by atoms with Gasteiger partial charge in [-0.1, -0.05) is 25.2 Å². The van der Waals surface area contributed by atoms with Gasteiger partial charge in [0.15, 0.2) is 5.01 Å². The zero-order chi connectivity index (χ0) is 13.8. The number of halogens is 2. The number of thiophene rings is 1. The summed E-state index contributed by atoms with van der Waals surface area (Å²) in [6.45, 7) is 5.35. The fourth-order valence-electron chi connectivity index (χ4n) is 1.54. The van der Waals surface area contributed by atoms with Crippen LogP contribution in [-0.4, -0.2) is 22.8 Å². The second-order valence-corrected chi connectivity index (χ2v) is 8.73. The van der Waals surface area contributed by atoms with Gasteiger partial charge in [-0.3, -0.25) is 0 Å². The van der Waals surface area contributed by atoms with Gasteiger partial charge in [-0.05, 0) is 50.9 Å². The summed E-state index contributed by atoms with van der Waals surface area (Å²) in [7, 11) is 0. The Labute approximate surface area is 138 Å². The van der Waals surface area contributed by atoms with Crippen LogP contribution in [0, 0.1) is 0 Å². The lowest BCUT2D eigenvalue weighted by molar-refractivity contribution is 0.569. The number of hydrogen-bond acceptors (Lipinski definition) is 5. The monoisotopic (exact) mass is 423 g/mol. The van der Waals surface area contributed by atoms with Crippen molar-refractivity contribution in [2.24, 2.45) is 0 Å². The number of rotatable bonds is 6. The average Bonchev–Trinajstić information content (AvgIpc) is 2.93. The highest BCUT2D eigenvalue weighted by Crippen LogP contribution is 2.39. The van der Waals surface area contributed by atoms with Crippen molar-refractivity contribution in [1.29, 1.82) is 0 Å². The van der Waals surface area contributed by atoms with Gasteiger partial charge in [0.1, 0.15) is 5.01 Å². The largest absolute Gasteiger partial charge is 0.315 e. The third-order valence-corrected chi connectivity index (χ3v) is 6.85. The van der Waals surface area contributed by atoms with E-state index < -0.39 is 0 Å². The van der Waals surface area contributed by atoms with Crippen LogP contribution in [0.2, 0.25) is 0 Å². The molecule has 0 fully saturated rings. The lowest BCUT2D eigenvalue weighted by atomic mass is 10.3. The molecule has 0 spiro atoms. The summed E-state index contributed by atoms with van der Waals surface area (Å²) in [6.07, 6.45) is 2.09. The molecular weight excluding hydrogens is 410 g/mol. The van der Waals surface area contributed by atoms with Crippen LogP contribution in [0.1, 0.15) is 25.3 Å². The normalized spacial score (nSPS) is 11.4. The van der Waals surface area contributed by atoms with Gasteiger partial charge in [-0.25, -0.2) is 0 Å². The van der Waals surface area contributed by atoms with Crippen molar-refractivity contribution in [3.8, 4) is 9.88 Å². The molecule has 2 rings (SSSR count). The molecule has 104 valence electrons. The molecule has 19 heavy (non-hydrogen) atoms. The Kier molecular flexibility index (Phi) is 5.95. The fourth-order valence-corrected chi connectivity index (χ4v) is 4.49. The topological polar surface area (TPSA) is 37.8 Å². The zero-order valence-corrected chi connectivity index (χ0v) is 15.5. The Morgan fingerprint density at radius 2 is 2.05 bits per heavy atom. The van der Waals surface area contributed by atoms with Crippen LogP contribution in [0.15, 0.2) is 14.3 Å². The fraction of sp³-hybridized carbons (Fsp3) is 0.500. The van der Waals surface area contributed by atoms with Gasteiger partial charge in [0.2, 0.25) is 0 Å². The van der Waals surface area contributed by atoms with Gasteiger partial charge in [-0.15, -0.1) is 21.5 Å². The van der Waals surface area contributed by atoms with Crippen molar-refractivity contribution in [3.05, 3.63) is 19.3 Å². The van der Waals surface area contributed by atoms with E-state index in [0.717, 1.165) is 42.5 Å². The van der Waals surface area contributed by atoms with Crippen LogP contribution in [0.5, 0.6) is 0 Å². The molecule has 0 aliphatic heterocycles. The van der Waals surface area contributed by atoms with Crippen LogP contribution in [0.3, 0.4) is 0 Å². The average molecular weight is 425 g/mol. The minimum Gasteiger partial charge on any atom is -0.315 e. The minimum atomic E-state index is 0.547. The smallest absolute Gasteiger partial charge is 0.157 e. The molecule has 0 unspecified atom stereocenters. The summed E-state index contributed by atoms with van der Waals surface area (Å²) < 4.78 is 2.17. The molecular formula is C12H15Br2N3S2. The van der Waals surface area contributed by atoms with Gasteiger partial charge in [0, 0.05) is 16.9 Å². The summed E-state index contributed by atoms with van der Waals surface area (Å²) in [5.41, 5.74) is 0. The SMILES string of the molecule is CC(C)NCCCc1nnc(-c2cc(Br)c(Br)s2)s1. The second kappa shape index (κ2) is 7.26.